The van der Waals surface area contributed by atoms with Gasteiger partial charge >= 0.3 is 5.97 Å². The van der Waals surface area contributed by atoms with E-state index in [1.807, 2.05) is 0 Å². The van der Waals surface area contributed by atoms with Gasteiger partial charge in [0, 0.05) is 18.0 Å². The number of hydrogen-bond donors (Lipinski definition) is 1. The van der Waals surface area contributed by atoms with E-state index < -0.39 is 5.97 Å². The molecule has 62 valence electrons. The molecule has 0 atom stereocenters. The Labute approximate surface area is 70.4 Å². The molecule has 0 radical (unpaired) electrons. The van der Waals surface area contributed by atoms with E-state index in [2.05, 4.69) is 4.98 Å². The van der Waals surface area contributed by atoms with Crippen LogP contribution >= 0.6 is 0 Å². The molecule has 0 spiro atoms. The average molecular weight is 163 g/mol. The quantitative estimate of drug-likeness (QED) is 0.673. The summed E-state index contributed by atoms with van der Waals surface area (Å²) in [4.78, 5) is 14.3. The van der Waals surface area contributed by atoms with Gasteiger partial charge in [-0.15, -0.1) is 0 Å². The smallest absolute Gasteiger partial charge is 0.331 e. The van der Waals surface area contributed by atoms with Crippen LogP contribution in [0.4, 0.5) is 0 Å². The van der Waals surface area contributed by atoms with Crippen LogP contribution in [0.2, 0.25) is 0 Å². The molecule has 0 unspecified atom stereocenters. The van der Waals surface area contributed by atoms with Gasteiger partial charge in [-0.1, -0.05) is 6.07 Å². The van der Waals surface area contributed by atoms with Crippen LogP contribution in [0.1, 0.15) is 12.5 Å². The SMILES string of the molecule is CC(=Cc1cccnc1)C(=O)O. The van der Waals surface area contributed by atoms with Crippen LogP contribution < -0.4 is 0 Å². The first-order valence-corrected chi connectivity index (χ1v) is 3.52. The van der Waals surface area contributed by atoms with Crippen molar-refractivity contribution in [1.82, 2.24) is 4.98 Å². The lowest BCUT2D eigenvalue weighted by molar-refractivity contribution is -0.132. The van der Waals surface area contributed by atoms with Gasteiger partial charge in [0.2, 0.25) is 0 Å². The number of carboxylic acids is 1. The van der Waals surface area contributed by atoms with Crippen LogP contribution in [0, 0.1) is 0 Å². The van der Waals surface area contributed by atoms with Gasteiger partial charge < -0.3 is 5.11 Å². The first-order valence-electron chi connectivity index (χ1n) is 3.52. The van der Waals surface area contributed by atoms with E-state index in [-0.39, 0.29) is 0 Å². The number of carboxylic acid groups (broad SMARTS) is 1. The lowest BCUT2D eigenvalue weighted by atomic mass is 10.2. The average Bonchev–Trinajstić information content (AvgIpc) is 2.06. The molecule has 3 nitrogen and oxygen atoms in total. The Balaban J connectivity index is 2.89. The minimum Gasteiger partial charge on any atom is -0.478 e. The van der Waals surface area contributed by atoms with Crippen molar-refractivity contribution in [3.8, 4) is 0 Å². The topological polar surface area (TPSA) is 50.2 Å². The first kappa shape index (κ1) is 8.46. The Kier molecular flexibility index (Phi) is 2.58. The highest BCUT2D eigenvalue weighted by atomic mass is 16.4. The molecule has 0 saturated heterocycles. The molecule has 1 aromatic heterocycles. The third kappa shape index (κ3) is 2.20. The number of nitrogens with zero attached hydrogens (tertiary/aromatic N) is 1. The lowest BCUT2D eigenvalue weighted by Gasteiger charge is -1.93. The standard InChI is InChI=1S/C9H9NO2/c1-7(9(11)12)5-8-3-2-4-10-6-8/h2-6H,1H3,(H,11,12). The molecule has 0 bridgehead atoms. The van der Waals surface area contributed by atoms with E-state index in [1.165, 1.54) is 0 Å². The molecule has 0 saturated carbocycles. The van der Waals surface area contributed by atoms with Crippen molar-refractivity contribution < 1.29 is 9.90 Å². The second-order valence-corrected chi connectivity index (χ2v) is 2.42. The Morgan fingerprint density at radius 1 is 1.67 bits per heavy atom. The highest BCUT2D eigenvalue weighted by molar-refractivity contribution is 5.91. The number of aromatic nitrogens is 1. The van der Waals surface area contributed by atoms with Crippen LogP contribution in [0.5, 0.6) is 0 Å². The van der Waals surface area contributed by atoms with Crippen LogP contribution in [-0.4, -0.2) is 16.1 Å². The molecular weight excluding hydrogens is 154 g/mol. The van der Waals surface area contributed by atoms with Crippen molar-refractivity contribution >= 4 is 12.0 Å². The number of carbonyl (C=O) groups is 1. The van der Waals surface area contributed by atoms with Gasteiger partial charge in [-0.05, 0) is 24.6 Å². The predicted molar refractivity (Wildman–Crippen MR) is 45.5 cm³/mol. The minimum absolute atomic E-state index is 0.308. The van der Waals surface area contributed by atoms with Gasteiger partial charge in [0.25, 0.3) is 0 Å². The molecule has 12 heavy (non-hydrogen) atoms. The third-order valence-electron chi connectivity index (χ3n) is 1.40. The summed E-state index contributed by atoms with van der Waals surface area (Å²) in [6.45, 7) is 1.55. The van der Waals surface area contributed by atoms with Crippen LogP contribution in [0.15, 0.2) is 30.1 Å². The molecule has 3 heteroatoms. The number of pyridine rings is 1. The van der Waals surface area contributed by atoms with Crippen molar-refractivity contribution in [1.29, 1.82) is 0 Å². The fourth-order valence-corrected chi connectivity index (χ4v) is 0.773. The molecule has 1 N–H and O–H groups in total. The zero-order chi connectivity index (χ0) is 8.97. The number of rotatable bonds is 2. The molecule has 1 aromatic rings. The van der Waals surface area contributed by atoms with E-state index in [4.69, 9.17) is 5.11 Å². The molecule has 0 aromatic carbocycles. The fraction of sp³-hybridized carbons (Fsp3) is 0.111. The van der Waals surface area contributed by atoms with Crippen molar-refractivity contribution in [2.75, 3.05) is 0 Å². The van der Waals surface area contributed by atoms with E-state index in [0.29, 0.717) is 5.57 Å². The largest absolute Gasteiger partial charge is 0.478 e. The van der Waals surface area contributed by atoms with Crippen LogP contribution in [0.3, 0.4) is 0 Å². The maximum atomic E-state index is 10.4. The van der Waals surface area contributed by atoms with Crippen molar-refractivity contribution in [3.05, 3.63) is 35.7 Å². The Hall–Kier alpha value is -1.64. The lowest BCUT2D eigenvalue weighted by Crippen LogP contribution is -1.95. The second kappa shape index (κ2) is 3.67. The highest BCUT2D eigenvalue weighted by Gasteiger charge is 1.98. The normalized spacial score (nSPS) is 11.2. The molecular formula is C9H9NO2. The summed E-state index contributed by atoms with van der Waals surface area (Å²) in [5.41, 5.74) is 1.11. The molecule has 0 aliphatic heterocycles. The van der Waals surface area contributed by atoms with Gasteiger partial charge in [0.05, 0.1) is 0 Å². The zero-order valence-corrected chi connectivity index (χ0v) is 6.69. The summed E-state index contributed by atoms with van der Waals surface area (Å²) in [6, 6.07) is 3.57. The second-order valence-electron chi connectivity index (χ2n) is 2.42. The number of hydrogen-bond acceptors (Lipinski definition) is 2. The summed E-state index contributed by atoms with van der Waals surface area (Å²) in [5, 5.41) is 8.55. The highest BCUT2D eigenvalue weighted by Crippen LogP contribution is 2.03. The predicted octanol–water partition coefficient (Wildman–Crippen LogP) is 1.57. The van der Waals surface area contributed by atoms with Gasteiger partial charge in [0.15, 0.2) is 0 Å². The Bertz CT molecular complexity index is 304. The molecule has 1 heterocycles. The maximum Gasteiger partial charge on any atom is 0.331 e. The van der Waals surface area contributed by atoms with Gasteiger partial charge in [-0.25, -0.2) is 4.79 Å². The number of aliphatic carboxylic acids is 1. The molecule has 1 rings (SSSR count). The summed E-state index contributed by atoms with van der Waals surface area (Å²) in [5.74, 6) is -0.904. The van der Waals surface area contributed by atoms with Gasteiger partial charge in [0.1, 0.15) is 0 Å². The summed E-state index contributed by atoms with van der Waals surface area (Å²) in [6.07, 6.45) is 4.84. The minimum atomic E-state index is -0.904. The van der Waals surface area contributed by atoms with E-state index in [0.717, 1.165) is 5.56 Å². The van der Waals surface area contributed by atoms with Gasteiger partial charge in [-0.3, -0.25) is 4.98 Å². The van der Waals surface area contributed by atoms with Crippen LogP contribution in [0.25, 0.3) is 6.08 Å². The van der Waals surface area contributed by atoms with Gasteiger partial charge in [-0.2, -0.15) is 0 Å². The monoisotopic (exact) mass is 163 g/mol. The van der Waals surface area contributed by atoms with E-state index in [1.54, 1.807) is 37.5 Å². The Morgan fingerprint density at radius 2 is 2.42 bits per heavy atom. The summed E-state index contributed by atoms with van der Waals surface area (Å²) < 4.78 is 0. The third-order valence-corrected chi connectivity index (χ3v) is 1.40. The van der Waals surface area contributed by atoms with Crippen molar-refractivity contribution in [2.24, 2.45) is 0 Å². The van der Waals surface area contributed by atoms with Crippen molar-refractivity contribution in [2.45, 2.75) is 6.92 Å². The fourth-order valence-electron chi connectivity index (χ4n) is 0.773. The molecule has 0 aliphatic carbocycles. The summed E-state index contributed by atoms with van der Waals surface area (Å²) in [7, 11) is 0. The van der Waals surface area contributed by atoms with Crippen molar-refractivity contribution in [3.63, 3.8) is 0 Å². The maximum absolute atomic E-state index is 10.4. The molecule has 0 aliphatic rings. The van der Waals surface area contributed by atoms with Crippen LogP contribution in [-0.2, 0) is 4.79 Å². The molecule has 0 amide bonds. The zero-order valence-electron chi connectivity index (χ0n) is 6.69. The van der Waals surface area contributed by atoms with E-state index in [9.17, 15) is 4.79 Å². The summed E-state index contributed by atoms with van der Waals surface area (Å²) >= 11 is 0. The first-order chi connectivity index (χ1) is 5.70. The van der Waals surface area contributed by atoms with E-state index >= 15 is 0 Å². The molecule has 0 fully saturated rings. The Morgan fingerprint density at radius 3 is 2.92 bits per heavy atom.